The molecular formula is C19H27ClN4O3. The van der Waals surface area contributed by atoms with E-state index < -0.39 is 5.41 Å². The molecule has 7 nitrogen and oxygen atoms in total. The predicted molar refractivity (Wildman–Crippen MR) is 107 cm³/mol. The average Bonchev–Trinajstić information content (AvgIpc) is 2.66. The number of rotatable bonds is 6. The Kier molecular flexibility index (Phi) is 7.35. The van der Waals surface area contributed by atoms with Crippen molar-refractivity contribution >= 4 is 29.2 Å². The van der Waals surface area contributed by atoms with Crippen molar-refractivity contribution in [3.05, 3.63) is 40.4 Å². The molecule has 0 atom stereocenters. The standard InChI is InChI=1S/C19H26N4O3.ClH/c1-3-23(18(25)19(13-26-2)8-10-20-11-9-19)12-16-21-15-7-5-4-6-14(15)17(24)22-16;/h4-7,20H,3,8-13H2,1-2H3,(H,21,22,24);1H. The van der Waals surface area contributed by atoms with Gasteiger partial charge in [0.2, 0.25) is 5.91 Å². The maximum Gasteiger partial charge on any atom is 0.258 e. The number of benzene rings is 1. The number of H-pyrrole nitrogens is 1. The number of piperidine rings is 1. The van der Waals surface area contributed by atoms with Gasteiger partial charge < -0.3 is 19.9 Å². The minimum atomic E-state index is -0.507. The van der Waals surface area contributed by atoms with Crippen molar-refractivity contribution < 1.29 is 9.53 Å². The van der Waals surface area contributed by atoms with Crippen molar-refractivity contribution in [2.45, 2.75) is 26.3 Å². The van der Waals surface area contributed by atoms with Crippen LogP contribution in [0.15, 0.2) is 29.1 Å². The van der Waals surface area contributed by atoms with Crippen LogP contribution in [0.3, 0.4) is 0 Å². The number of carbonyl (C=O) groups is 1. The van der Waals surface area contributed by atoms with Crippen LogP contribution in [0.2, 0.25) is 0 Å². The van der Waals surface area contributed by atoms with E-state index in [1.807, 2.05) is 25.1 Å². The van der Waals surface area contributed by atoms with Gasteiger partial charge in [-0.25, -0.2) is 4.98 Å². The Morgan fingerprint density at radius 2 is 2.00 bits per heavy atom. The largest absolute Gasteiger partial charge is 0.384 e. The van der Waals surface area contributed by atoms with E-state index in [0.717, 1.165) is 25.9 Å². The Balaban J connectivity index is 0.00000261. The normalized spacial score (nSPS) is 15.9. The summed E-state index contributed by atoms with van der Waals surface area (Å²) < 4.78 is 5.38. The number of carbonyl (C=O) groups excluding carboxylic acids is 1. The SMILES string of the molecule is CCN(Cc1nc2ccccc2c(=O)[nH]1)C(=O)C1(COC)CCNCC1.Cl. The molecule has 2 N–H and O–H groups in total. The lowest BCUT2D eigenvalue weighted by Crippen LogP contribution is -2.51. The molecule has 1 aliphatic rings. The van der Waals surface area contributed by atoms with E-state index in [-0.39, 0.29) is 30.4 Å². The van der Waals surface area contributed by atoms with E-state index >= 15 is 0 Å². The average molecular weight is 395 g/mol. The lowest BCUT2D eigenvalue weighted by atomic mass is 9.78. The number of methoxy groups -OCH3 is 1. The Bertz CT molecular complexity index is 828. The maximum absolute atomic E-state index is 13.3. The molecule has 2 heterocycles. The molecule has 0 unspecified atom stereocenters. The first-order chi connectivity index (χ1) is 12.6. The second kappa shape index (κ2) is 9.30. The monoisotopic (exact) mass is 394 g/mol. The number of hydrogen-bond acceptors (Lipinski definition) is 5. The summed E-state index contributed by atoms with van der Waals surface area (Å²) in [5.41, 5.74) is -0.0431. The molecule has 2 aromatic rings. The number of fused-ring (bicyclic) bond motifs is 1. The van der Waals surface area contributed by atoms with Crippen LogP contribution in [0.1, 0.15) is 25.6 Å². The van der Waals surface area contributed by atoms with Gasteiger partial charge in [0.05, 0.1) is 29.5 Å². The number of hydrogen-bond donors (Lipinski definition) is 2. The summed E-state index contributed by atoms with van der Waals surface area (Å²) in [4.78, 5) is 34.7. The van der Waals surface area contributed by atoms with Gasteiger partial charge in [0.25, 0.3) is 5.56 Å². The van der Waals surface area contributed by atoms with Gasteiger partial charge in [-0.05, 0) is 45.0 Å². The molecule has 0 aliphatic carbocycles. The number of para-hydroxylation sites is 1. The number of aromatic nitrogens is 2. The van der Waals surface area contributed by atoms with Crippen molar-refractivity contribution in [2.75, 3.05) is 33.4 Å². The molecule has 1 saturated heterocycles. The number of nitrogens with one attached hydrogen (secondary N) is 2. The third kappa shape index (κ3) is 4.48. The number of aromatic amines is 1. The third-order valence-corrected chi connectivity index (χ3v) is 5.11. The summed E-state index contributed by atoms with van der Waals surface area (Å²) in [5.74, 6) is 0.574. The molecule has 148 valence electrons. The highest BCUT2D eigenvalue weighted by atomic mass is 35.5. The lowest BCUT2D eigenvalue weighted by Gasteiger charge is -2.39. The zero-order valence-electron chi connectivity index (χ0n) is 15.8. The van der Waals surface area contributed by atoms with Gasteiger partial charge >= 0.3 is 0 Å². The number of halogens is 1. The van der Waals surface area contributed by atoms with E-state index in [4.69, 9.17) is 4.74 Å². The molecule has 3 rings (SSSR count). The van der Waals surface area contributed by atoms with E-state index in [2.05, 4.69) is 15.3 Å². The van der Waals surface area contributed by atoms with Crippen LogP contribution < -0.4 is 10.9 Å². The Morgan fingerprint density at radius 3 is 2.67 bits per heavy atom. The molecule has 1 aromatic heterocycles. The lowest BCUT2D eigenvalue weighted by molar-refractivity contribution is -0.148. The van der Waals surface area contributed by atoms with Gasteiger partial charge in [-0.3, -0.25) is 9.59 Å². The summed E-state index contributed by atoms with van der Waals surface area (Å²) in [6.07, 6.45) is 1.50. The summed E-state index contributed by atoms with van der Waals surface area (Å²) >= 11 is 0. The Morgan fingerprint density at radius 1 is 1.30 bits per heavy atom. The van der Waals surface area contributed by atoms with Gasteiger partial charge in [-0.15, -0.1) is 12.4 Å². The topological polar surface area (TPSA) is 87.3 Å². The fourth-order valence-corrected chi connectivity index (χ4v) is 3.65. The number of nitrogens with zero attached hydrogens (tertiary/aromatic N) is 2. The second-order valence-electron chi connectivity index (χ2n) is 6.81. The minimum absolute atomic E-state index is 0. The highest BCUT2D eigenvalue weighted by molar-refractivity contribution is 5.85. The first-order valence-corrected chi connectivity index (χ1v) is 9.06. The predicted octanol–water partition coefficient (Wildman–Crippen LogP) is 1.71. The van der Waals surface area contributed by atoms with Crippen LogP contribution in [0.4, 0.5) is 0 Å². The van der Waals surface area contributed by atoms with E-state index in [1.54, 1.807) is 18.1 Å². The first-order valence-electron chi connectivity index (χ1n) is 9.06. The summed E-state index contributed by atoms with van der Waals surface area (Å²) in [6, 6.07) is 7.22. The maximum atomic E-state index is 13.3. The zero-order valence-corrected chi connectivity index (χ0v) is 16.6. The smallest absolute Gasteiger partial charge is 0.258 e. The number of ether oxygens (including phenoxy) is 1. The zero-order chi connectivity index (χ0) is 18.6. The van der Waals surface area contributed by atoms with Gasteiger partial charge in [-0.2, -0.15) is 0 Å². The van der Waals surface area contributed by atoms with Crippen molar-refractivity contribution in [1.29, 1.82) is 0 Å². The molecule has 27 heavy (non-hydrogen) atoms. The molecule has 0 saturated carbocycles. The Hall–Kier alpha value is -1.96. The second-order valence-corrected chi connectivity index (χ2v) is 6.81. The highest BCUT2D eigenvalue weighted by Gasteiger charge is 2.42. The molecular weight excluding hydrogens is 368 g/mol. The molecule has 0 spiro atoms. The molecule has 1 fully saturated rings. The summed E-state index contributed by atoms with van der Waals surface area (Å²) in [6.45, 7) is 4.79. The van der Waals surface area contributed by atoms with E-state index in [0.29, 0.717) is 29.9 Å². The molecule has 1 amide bonds. The molecule has 0 bridgehead atoms. The Labute approximate surface area is 164 Å². The van der Waals surface area contributed by atoms with Gasteiger partial charge in [0, 0.05) is 13.7 Å². The molecule has 1 aromatic carbocycles. The van der Waals surface area contributed by atoms with Crippen LogP contribution in [0.5, 0.6) is 0 Å². The van der Waals surface area contributed by atoms with Crippen molar-refractivity contribution in [2.24, 2.45) is 5.41 Å². The summed E-state index contributed by atoms with van der Waals surface area (Å²) in [7, 11) is 1.63. The van der Waals surface area contributed by atoms with Gasteiger partial charge in [-0.1, -0.05) is 12.1 Å². The number of amides is 1. The van der Waals surface area contributed by atoms with Crippen LogP contribution >= 0.6 is 12.4 Å². The van der Waals surface area contributed by atoms with E-state index in [9.17, 15) is 9.59 Å². The fourth-order valence-electron chi connectivity index (χ4n) is 3.65. The fraction of sp³-hybridized carbons (Fsp3) is 0.526. The quantitative estimate of drug-likeness (QED) is 0.778. The van der Waals surface area contributed by atoms with Crippen molar-refractivity contribution in [3.8, 4) is 0 Å². The molecule has 1 aliphatic heterocycles. The van der Waals surface area contributed by atoms with Crippen molar-refractivity contribution in [3.63, 3.8) is 0 Å². The van der Waals surface area contributed by atoms with E-state index in [1.165, 1.54) is 0 Å². The van der Waals surface area contributed by atoms with Gasteiger partial charge in [0.15, 0.2) is 0 Å². The van der Waals surface area contributed by atoms with Crippen LogP contribution in [-0.4, -0.2) is 54.1 Å². The third-order valence-electron chi connectivity index (χ3n) is 5.11. The molecule has 0 radical (unpaired) electrons. The van der Waals surface area contributed by atoms with Crippen molar-refractivity contribution in [1.82, 2.24) is 20.2 Å². The molecule has 8 heteroatoms. The highest BCUT2D eigenvalue weighted by Crippen LogP contribution is 2.32. The summed E-state index contributed by atoms with van der Waals surface area (Å²) in [5, 5.41) is 3.86. The van der Waals surface area contributed by atoms with Crippen LogP contribution in [-0.2, 0) is 16.1 Å². The van der Waals surface area contributed by atoms with Gasteiger partial charge in [0.1, 0.15) is 5.82 Å². The minimum Gasteiger partial charge on any atom is -0.384 e. The van der Waals surface area contributed by atoms with Crippen LogP contribution in [0, 0.1) is 5.41 Å². The first kappa shape index (κ1) is 21.3. The van der Waals surface area contributed by atoms with Crippen LogP contribution in [0.25, 0.3) is 10.9 Å².